The summed E-state index contributed by atoms with van der Waals surface area (Å²) >= 11 is 0. The smallest absolute Gasteiger partial charge is 0.300 e. The average molecular weight is 716 g/mol. The first-order chi connectivity index (χ1) is 20.2. The van der Waals surface area contributed by atoms with Crippen LogP contribution < -0.4 is 0 Å². The topological polar surface area (TPSA) is 73.4 Å². The maximum atomic E-state index is 9.48. The van der Waals surface area contributed by atoms with Gasteiger partial charge in [-0.3, -0.25) is 9.97 Å². The number of hydrogen-bond acceptors (Lipinski definition) is 4. The Morgan fingerprint density at radius 2 is 1.00 bits per heavy atom. The fraction of sp³-hybridized carbons (Fsp3) is 0.0270. The monoisotopic (exact) mass is 715 g/mol. The fourth-order valence-corrected chi connectivity index (χ4v) is 5.87. The minimum Gasteiger partial charge on any atom is -0.300 e. The number of nitriles is 2. The van der Waals surface area contributed by atoms with E-state index in [1.165, 1.54) is 0 Å². The van der Waals surface area contributed by atoms with Crippen molar-refractivity contribution in [1.29, 1.82) is 10.5 Å². The van der Waals surface area contributed by atoms with Crippen LogP contribution in [-0.4, -0.2) is 9.97 Å². The number of benzene rings is 4. The summed E-state index contributed by atoms with van der Waals surface area (Å²) in [6.45, 7) is 0. The molecule has 0 radical (unpaired) electrons. The number of pyridine rings is 2. The van der Waals surface area contributed by atoms with Gasteiger partial charge in [0.1, 0.15) is 5.41 Å². The summed E-state index contributed by atoms with van der Waals surface area (Å²) in [5.74, 6) is 0. The van der Waals surface area contributed by atoms with E-state index >= 15 is 0 Å². The van der Waals surface area contributed by atoms with Crippen LogP contribution in [0.5, 0.6) is 0 Å². The van der Waals surface area contributed by atoms with Gasteiger partial charge in [0.05, 0.1) is 23.5 Å². The number of nitrogens with zero attached hydrogens (tertiary/aromatic N) is 4. The molecule has 0 fully saturated rings. The zero-order valence-electron chi connectivity index (χ0n) is 22.2. The third-order valence-electron chi connectivity index (χ3n) is 7.63. The molecule has 0 saturated carbocycles. The van der Waals surface area contributed by atoms with Crippen molar-refractivity contribution in [1.82, 2.24) is 9.97 Å². The van der Waals surface area contributed by atoms with E-state index in [-0.39, 0.29) is 21.1 Å². The van der Waals surface area contributed by atoms with Gasteiger partial charge in [0.2, 0.25) is 0 Å². The first-order valence-electron chi connectivity index (χ1n) is 13.2. The molecule has 0 spiro atoms. The minimum absolute atomic E-state index is 0. The van der Waals surface area contributed by atoms with Crippen LogP contribution in [0.1, 0.15) is 33.6 Å². The molecule has 198 valence electrons. The Hall–Kier alpha value is -5.15. The van der Waals surface area contributed by atoms with Crippen molar-refractivity contribution in [3.63, 3.8) is 0 Å². The molecule has 0 aliphatic heterocycles. The Balaban J connectivity index is 0.00000316. The van der Waals surface area contributed by atoms with Crippen molar-refractivity contribution in [2.45, 2.75) is 5.41 Å². The minimum atomic E-state index is -0.807. The quantitative estimate of drug-likeness (QED) is 0.177. The summed E-state index contributed by atoms with van der Waals surface area (Å²) in [4.78, 5) is 10.5. The molecular formula is C37H20N4Pt. The number of rotatable bonds is 4. The van der Waals surface area contributed by atoms with Gasteiger partial charge in [-0.05, 0) is 56.9 Å². The third-order valence-corrected chi connectivity index (χ3v) is 7.63. The van der Waals surface area contributed by atoms with Crippen LogP contribution in [0.15, 0.2) is 121 Å². The standard InChI is InChI=1S/C37H20N4.Pt/c38-23-25-9-5-11-27(21-25)33-17-7-19-35(40-33)37(31-15-3-1-13-29(31)30-14-2-4-16-32(30)37)36-20-8-18-34(41-36)28-12-6-10-26(22-28)24-39;/h1-10,13-22H;/q-2;+2. The SMILES string of the molecule is N#Cc1cc[c-]c(-c2cccc(C3(c4cccc(-c5[c-]ccc(C#N)c5)n4)c4ccccc4-c4ccccc43)n2)c1.[Pt+2]. The maximum absolute atomic E-state index is 9.48. The predicted octanol–water partition coefficient (Wildman–Crippen LogP) is 7.51. The van der Waals surface area contributed by atoms with E-state index in [1.807, 2.05) is 48.5 Å². The number of hydrogen-bond donors (Lipinski definition) is 0. The van der Waals surface area contributed by atoms with E-state index in [9.17, 15) is 10.5 Å². The summed E-state index contributed by atoms with van der Waals surface area (Å²) in [6, 6.07) is 50.4. The maximum Gasteiger partial charge on any atom is 2.00 e. The van der Waals surface area contributed by atoms with Crippen LogP contribution in [0, 0.1) is 34.8 Å². The molecule has 2 aromatic heterocycles. The first kappa shape index (κ1) is 27.0. The van der Waals surface area contributed by atoms with Crippen LogP contribution in [-0.2, 0) is 26.5 Å². The van der Waals surface area contributed by atoms with Gasteiger partial charge in [0, 0.05) is 0 Å². The van der Waals surface area contributed by atoms with Crippen LogP contribution in [0.25, 0.3) is 33.6 Å². The molecule has 0 saturated heterocycles. The Kier molecular flexibility index (Phi) is 7.10. The molecule has 0 atom stereocenters. The van der Waals surface area contributed by atoms with Crippen molar-refractivity contribution in [2.75, 3.05) is 0 Å². The summed E-state index contributed by atoms with van der Waals surface area (Å²) in [5.41, 5.74) is 9.39. The largest absolute Gasteiger partial charge is 2.00 e. The first-order valence-corrected chi connectivity index (χ1v) is 13.2. The summed E-state index contributed by atoms with van der Waals surface area (Å²) in [7, 11) is 0. The van der Waals surface area contributed by atoms with Crippen LogP contribution in [0.3, 0.4) is 0 Å². The third kappa shape index (κ3) is 4.26. The van der Waals surface area contributed by atoms with Crippen molar-refractivity contribution in [2.24, 2.45) is 0 Å². The zero-order valence-corrected chi connectivity index (χ0v) is 24.4. The van der Waals surface area contributed by atoms with Gasteiger partial charge in [-0.25, -0.2) is 0 Å². The van der Waals surface area contributed by atoms with Crippen molar-refractivity contribution in [3.8, 4) is 45.8 Å². The van der Waals surface area contributed by atoms with Crippen LogP contribution >= 0.6 is 0 Å². The average Bonchev–Trinajstić information content (AvgIpc) is 3.36. The van der Waals surface area contributed by atoms with Gasteiger partial charge in [0.15, 0.2) is 0 Å². The van der Waals surface area contributed by atoms with Crippen molar-refractivity contribution >= 4 is 0 Å². The van der Waals surface area contributed by atoms with E-state index in [0.29, 0.717) is 11.1 Å². The molecule has 1 aliphatic carbocycles. The van der Waals surface area contributed by atoms with Gasteiger partial charge in [-0.15, -0.1) is 59.7 Å². The van der Waals surface area contributed by atoms with Gasteiger partial charge in [0.25, 0.3) is 0 Å². The molecule has 2 heterocycles. The molecule has 42 heavy (non-hydrogen) atoms. The Bertz CT molecular complexity index is 1900. The van der Waals surface area contributed by atoms with Gasteiger partial charge in [-0.1, -0.05) is 72.8 Å². The normalized spacial score (nSPS) is 12.2. The van der Waals surface area contributed by atoms with E-state index in [2.05, 4.69) is 72.8 Å². The summed E-state index contributed by atoms with van der Waals surface area (Å²) in [6.07, 6.45) is 0. The van der Waals surface area contributed by atoms with Gasteiger partial charge >= 0.3 is 21.1 Å². The molecule has 1 aliphatic rings. The number of fused-ring (bicyclic) bond motifs is 3. The van der Waals surface area contributed by atoms with E-state index < -0.39 is 5.41 Å². The molecule has 6 aromatic rings. The molecular weight excluding hydrogens is 696 g/mol. The van der Waals surface area contributed by atoms with E-state index in [4.69, 9.17) is 9.97 Å². The Morgan fingerprint density at radius 1 is 0.548 bits per heavy atom. The molecule has 7 rings (SSSR count). The van der Waals surface area contributed by atoms with Gasteiger partial charge in [-0.2, -0.15) is 10.5 Å². The molecule has 0 amide bonds. The Morgan fingerprint density at radius 3 is 1.45 bits per heavy atom. The fourth-order valence-electron chi connectivity index (χ4n) is 5.87. The van der Waals surface area contributed by atoms with Crippen molar-refractivity contribution in [3.05, 3.63) is 167 Å². The molecule has 4 nitrogen and oxygen atoms in total. The van der Waals surface area contributed by atoms with Gasteiger partial charge < -0.3 is 0 Å². The number of aromatic nitrogens is 2. The molecule has 0 bridgehead atoms. The molecule has 4 aromatic carbocycles. The molecule has 0 N–H and O–H groups in total. The van der Waals surface area contributed by atoms with E-state index in [0.717, 1.165) is 56.2 Å². The molecule has 0 unspecified atom stereocenters. The zero-order chi connectivity index (χ0) is 27.8. The summed E-state index contributed by atoms with van der Waals surface area (Å²) < 4.78 is 0. The Labute approximate surface area is 258 Å². The second kappa shape index (κ2) is 11.0. The second-order valence-electron chi connectivity index (χ2n) is 9.86. The predicted molar refractivity (Wildman–Crippen MR) is 157 cm³/mol. The molecule has 5 heteroatoms. The second-order valence-corrected chi connectivity index (χ2v) is 9.86. The van der Waals surface area contributed by atoms with Crippen LogP contribution in [0.4, 0.5) is 0 Å². The van der Waals surface area contributed by atoms with Crippen LogP contribution in [0.2, 0.25) is 0 Å². The summed E-state index contributed by atoms with van der Waals surface area (Å²) in [5, 5.41) is 19.0. The van der Waals surface area contributed by atoms with Crippen molar-refractivity contribution < 1.29 is 21.1 Å². The van der Waals surface area contributed by atoms with E-state index in [1.54, 1.807) is 24.3 Å².